The maximum atomic E-state index is 14.9. The third kappa shape index (κ3) is 6.11. The van der Waals surface area contributed by atoms with Crippen molar-refractivity contribution in [1.82, 2.24) is 15.3 Å². The summed E-state index contributed by atoms with van der Waals surface area (Å²) in [7, 11) is 0. The molecule has 2 saturated carbocycles. The van der Waals surface area contributed by atoms with Crippen molar-refractivity contribution in [3.8, 4) is 22.1 Å². The van der Waals surface area contributed by atoms with Crippen molar-refractivity contribution in [2.45, 2.75) is 70.4 Å². The van der Waals surface area contributed by atoms with Gasteiger partial charge in [0.25, 0.3) is 0 Å². The van der Waals surface area contributed by atoms with Gasteiger partial charge in [-0.2, -0.15) is 0 Å². The third-order valence-electron chi connectivity index (χ3n) is 7.48. The fourth-order valence-electron chi connectivity index (χ4n) is 5.16. The summed E-state index contributed by atoms with van der Waals surface area (Å²) in [6, 6.07) is 13.3. The molecule has 0 bridgehead atoms. The Labute approximate surface area is 226 Å². The van der Waals surface area contributed by atoms with Gasteiger partial charge in [-0.1, -0.05) is 31.4 Å². The van der Waals surface area contributed by atoms with Crippen LogP contribution >= 0.6 is 11.3 Å². The topological polar surface area (TPSA) is 64.1 Å². The van der Waals surface area contributed by atoms with Gasteiger partial charge in [-0.15, -0.1) is 11.3 Å². The number of nitrogens with zero attached hydrogens (tertiary/aromatic N) is 2. The van der Waals surface area contributed by atoms with Crippen molar-refractivity contribution in [2.24, 2.45) is 5.92 Å². The van der Waals surface area contributed by atoms with Crippen LogP contribution in [0.5, 0.6) is 11.5 Å². The zero-order chi connectivity index (χ0) is 25.9. The summed E-state index contributed by atoms with van der Waals surface area (Å²) in [5.74, 6) is 0.929. The van der Waals surface area contributed by atoms with Gasteiger partial charge in [-0.3, -0.25) is 14.8 Å². The average Bonchev–Trinajstić information content (AvgIpc) is 3.63. The molecule has 0 atom stereocenters. The molecule has 5 nitrogen and oxygen atoms in total. The molecule has 3 heterocycles. The zero-order valence-electron chi connectivity index (χ0n) is 21.4. The van der Waals surface area contributed by atoms with Gasteiger partial charge in [0, 0.05) is 43.9 Å². The lowest BCUT2D eigenvalue weighted by atomic mass is 9.95. The van der Waals surface area contributed by atoms with Gasteiger partial charge < -0.3 is 10.1 Å². The van der Waals surface area contributed by atoms with Crippen LogP contribution in [-0.4, -0.2) is 21.8 Å². The average molecular weight is 530 g/mol. The molecule has 2 aliphatic carbocycles. The fourth-order valence-corrected chi connectivity index (χ4v) is 6.21. The molecule has 2 fully saturated rings. The lowest BCUT2D eigenvalue weighted by Gasteiger charge is -2.22. The first-order chi connectivity index (χ1) is 18.6. The first kappa shape index (κ1) is 25.1. The molecule has 7 heteroatoms. The summed E-state index contributed by atoms with van der Waals surface area (Å²) in [5, 5.41) is 3.66. The molecule has 196 valence electrons. The standard InChI is InChI=1S/C31H32FN3O2S/c32-25-16-21(15-24(36)14-20-6-7-20)9-11-28(25)37-29-12-13-33-27-17-30(38-31(27)29)26-10-8-22(19-35-26)18-34-23-4-2-1-3-5-23/h8-13,16-17,19-20,23,34H,1-7,14-15,18H2. The van der Waals surface area contributed by atoms with Gasteiger partial charge in [0.15, 0.2) is 11.6 Å². The minimum Gasteiger partial charge on any atom is -0.453 e. The Bertz CT molecular complexity index is 1430. The molecule has 1 N–H and O–H groups in total. The molecule has 0 spiro atoms. The van der Waals surface area contributed by atoms with E-state index >= 15 is 0 Å². The van der Waals surface area contributed by atoms with Crippen LogP contribution in [0.25, 0.3) is 20.8 Å². The van der Waals surface area contributed by atoms with E-state index in [0.29, 0.717) is 29.7 Å². The lowest BCUT2D eigenvalue weighted by molar-refractivity contribution is -0.118. The van der Waals surface area contributed by atoms with Crippen LogP contribution in [0.1, 0.15) is 62.5 Å². The molecule has 38 heavy (non-hydrogen) atoms. The Hall–Kier alpha value is -3.16. The van der Waals surface area contributed by atoms with Gasteiger partial charge >= 0.3 is 0 Å². The number of ether oxygens (including phenoxy) is 1. The van der Waals surface area contributed by atoms with Crippen molar-refractivity contribution >= 4 is 27.3 Å². The number of nitrogens with one attached hydrogen (secondary N) is 1. The molecule has 0 unspecified atom stereocenters. The highest BCUT2D eigenvalue weighted by atomic mass is 32.1. The van der Waals surface area contributed by atoms with Crippen molar-refractivity contribution < 1.29 is 13.9 Å². The molecular weight excluding hydrogens is 497 g/mol. The monoisotopic (exact) mass is 529 g/mol. The van der Waals surface area contributed by atoms with E-state index in [2.05, 4.69) is 16.4 Å². The van der Waals surface area contributed by atoms with Crippen LogP contribution in [-0.2, 0) is 17.8 Å². The SMILES string of the molecule is O=C(Cc1ccc(Oc2ccnc3cc(-c4ccc(CNC5CCCCC5)cn4)sc23)c(F)c1)CC1CC1. The number of pyridine rings is 2. The molecule has 0 saturated heterocycles. The van der Waals surface area contributed by atoms with Crippen LogP contribution in [0, 0.1) is 11.7 Å². The number of thiophene rings is 1. The van der Waals surface area contributed by atoms with Crippen LogP contribution < -0.4 is 10.1 Å². The van der Waals surface area contributed by atoms with Crippen molar-refractivity contribution in [3.63, 3.8) is 0 Å². The van der Waals surface area contributed by atoms with Crippen LogP contribution in [0.4, 0.5) is 4.39 Å². The molecule has 6 rings (SSSR count). The van der Waals surface area contributed by atoms with Gasteiger partial charge in [0.1, 0.15) is 11.5 Å². The number of carbonyl (C=O) groups is 1. The van der Waals surface area contributed by atoms with Crippen LogP contribution in [0.15, 0.2) is 54.9 Å². The highest BCUT2D eigenvalue weighted by molar-refractivity contribution is 7.22. The summed E-state index contributed by atoms with van der Waals surface area (Å²) >= 11 is 1.53. The number of fused-ring (bicyclic) bond motifs is 1. The summed E-state index contributed by atoms with van der Waals surface area (Å²) in [4.78, 5) is 22.3. The van der Waals surface area contributed by atoms with Crippen molar-refractivity contribution in [2.75, 3.05) is 0 Å². The Morgan fingerprint density at radius 2 is 1.82 bits per heavy atom. The minimum absolute atomic E-state index is 0.138. The minimum atomic E-state index is -0.470. The van der Waals surface area contributed by atoms with Crippen molar-refractivity contribution in [3.05, 3.63) is 71.8 Å². The number of ketones is 1. The number of rotatable bonds is 10. The predicted molar refractivity (Wildman–Crippen MR) is 149 cm³/mol. The molecule has 0 amide bonds. The second-order valence-electron chi connectivity index (χ2n) is 10.6. The smallest absolute Gasteiger partial charge is 0.166 e. The van der Waals surface area contributed by atoms with E-state index in [1.54, 1.807) is 24.4 Å². The van der Waals surface area contributed by atoms with Gasteiger partial charge in [-0.25, -0.2) is 4.39 Å². The number of Topliss-reactive ketones (excluding diaryl/α,β-unsaturated/α-hetero) is 1. The molecule has 0 aliphatic heterocycles. The number of halogens is 1. The highest BCUT2D eigenvalue weighted by Crippen LogP contribution is 2.39. The Morgan fingerprint density at radius 3 is 2.58 bits per heavy atom. The molecular formula is C31H32FN3O2S. The summed E-state index contributed by atoms with van der Waals surface area (Å²) in [5.41, 5.74) is 3.53. The normalized spacial score (nSPS) is 16.1. The molecule has 3 aromatic heterocycles. The summed E-state index contributed by atoms with van der Waals surface area (Å²) < 4.78 is 21.7. The third-order valence-corrected chi connectivity index (χ3v) is 8.65. The molecule has 4 aromatic rings. The van der Waals surface area contributed by atoms with E-state index in [0.717, 1.165) is 40.2 Å². The maximum Gasteiger partial charge on any atom is 0.166 e. The summed E-state index contributed by atoms with van der Waals surface area (Å²) in [6.45, 7) is 0.836. The Kier molecular flexibility index (Phi) is 7.47. The Morgan fingerprint density at radius 1 is 0.974 bits per heavy atom. The summed E-state index contributed by atoms with van der Waals surface area (Å²) in [6.07, 6.45) is 13.3. The molecule has 0 radical (unpaired) electrons. The van der Waals surface area contributed by atoms with E-state index in [1.807, 2.05) is 18.3 Å². The van der Waals surface area contributed by atoms with E-state index in [9.17, 15) is 9.18 Å². The quantitative estimate of drug-likeness (QED) is 0.229. The first-order valence-electron chi connectivity index (χ1n) is 13.7. The predicted octanol–water partition coefficient (Wildman–Crippen LogP) is 7.62. The fraction of sp³-hybridized carbons (Fsp3) is 0.387. The molecule has 1 aromatic carbocycles. The van der Waals surface area contributed by atoms with Gasteiger partial charge in [0.05, 0.1) is 20.8 Å². The van der Waals surface area contributed by atoms with Gasteiger partial charge in [0.2, 0.25) is 0 Å². The lowest BCUT2D eigenvalue weighted by Crippen LogP contribution is -2.30. The zero-order valence-corrected chi connectivity index (χ0v) is 22.2. The van der Waals surface area contributed by atoms with E-state index < -0.39 is 5.82 Å². The van der Waals surface area contributed by atoms with E-state index in [4.69, 9.17) is 9.72 Å². The number of aromatic nitrogens is 2. The Balaban J connectivity index is 1.14. The number of hydrogen-bond donors (Lipinski definition) is 1. The van der Waals surface area contributed by atoms with Crippen LogP contribution in [0.3, 0.4) is 0 Å². The van der Waals surface area contributed by atoms with Crippen LogP contribution in [0.2, 0.25) is 0 Å². The second-order valence-corrected chi connectivity index (χ2v) is 11.7. The van der Waals surface area contributed by atoms with Gasteiger partial charge in [-0.05, 0) is 67.0 Å². The number of hydrogen-bond acceptors (Lipinski definition) is 6. The molecule has 2 aliphatic rings. The maximum absolute atomic E-state index is 14.9. The largest absolute Gasteiger partial charge is 0.453 e. The number of benzene rings is 1. The van der Waals surface area contributed by atoms with Crippen molar-refractivity contribution in [1.29, 1.82) is 0 Å². The van der Waals surface area contributed by atoms with E-state index in [1.165, 1.54) is 55.1 Å². The first-order valence-corrected chi connectivity index (χ1v) is 14.5. The number of carbonyl (C=O) groups excluding carboxylic acids is 1. The van der Waals surface area contributed by atoms with E-state index in [-0.39, 0.29) is 18.0 Å². The second kappa shape index (κ2) is 11.3. The highest BCUT2D eigenvalue weighted by Gasteiger charge is 2.24.